The Morgan fingerprint density at radius 2 is 2.14 bits per heavy atom. The summed E-state index contributed by atoms with van der Waals surface area (Å²) >= 11 is 0. The SMILES string of the molecule is CN(CC(=O)NC1CC1)c1ccc(C(=O)O)c([N+](=O)[O-])c1. The monoisotopic (exact) mass is 293 g/mol. The highest BCUT2D eigenvalue weighted by Crippen LogP contribution is 2.25. The minimum Gasteiger partial charge on any atom is -0.477 e. The normalized spacial score (nSPS) is 13.6. The van der Waals surface area contributed by atoms with E-state index in [0.717, 1.165) is 18.9 Å². The first kappa shape index (κ1) is 14.8. The van der Waals surface area contributed by atoms with Crippen molar-refractivity contribution in [3.8, 4) is 0 Å². The molecular weight excluding hydrogens is 278 g/mol. The number of nitro groups is 1. The van der Waals surface area contributed by atoms with E-state index in [1.165, 1.54) is 17.0 Å². The number of benzene rings is 1. The molecule has 1 aliphatic rings. The fourth-order valence-corrected chi connectivity index (χ4v) is 1.90. The van der Waals surface area contributed by atoms with Crippen molar-refractivity contribution >= 4 is 23.3 Å². The van der Waals surface area contributed by atoms with Gasteiger partial charge in [-0.15, -0.1) is 0 Å². The molecule has 1 aromatic rings. The lowest BCUT2D eigenvalue weighted by atomic mass is 10.1. The van der Waals surface area contributed by atoms with Crippen LogP contribution < -0.4 is 10.2 Å². The van der Waals surface area contributed by atoms with Crippen molar-refractivity contribution in [3.05, 3.63) is 33.9 Å². The molecule has 1 amide bonds. The van der Waals surface area contributed by atoms with Gasteiger partial charge in [-0.1, -0.05) is 0 Å². The highest BCUT2D eigenvalue weighted by Gasteiger charge is 2.24. The highest BCUT2D eigenvalue weighted by atomic mass is 16.6. The van der Waals surface area contributed by atoms with Crippen LogP contribution in [0.5, 0.6) is 0 Å². The van der Waals surface area contributed by atoms with Gasteiger partial charge in [0, 0.05) is 24.8 Å². The number of carboxylic acid groups (broad SMARTS) is 1. The molecule has 0 heterocycles. The summed E-state index contributed by atoms with van der Waals surface area (Å²) in [7, 11) is 1.62. The standard InChI is InChI=1S/C13H15N3O5/c1-15(7-12(17)14-8-2-3-8)9-4-5-10(13(18)19)11(6-9)16(20)21/h4-6,8H,2-3,7H2,1H3,(H,14,17)(H,18,19). The molecule has 2 N–H and O–H groups in total. The number of carbonyl (C=O) groups excluding carboxylic acids is 1. The van der Waals surface area contributed by atoms with Crippen molar-refractivity contribution in [3.63, 3.8) is 0 Å². The quantitative estimate of drug-likeness (QED) is 0.597. The second-order valence-electron chi connectivity index (χ2n) is 4.96. The zero-order chi connectivity index (χ0) is 15.6. The third-order valence-corrected chi connectivity index (χ3v) is 3.17. The van der Waals surface area contributed by atoms with Crippen LogP contribution in [-0.2, 0) is 4.79 Å². The number of likely N-dealkylation sites (N-methyl/N-ethyl adjacent to an activating group) is 1. The second-order valence-corrected chi connectivity index (χ2v) is 4.96. The largest absolute Gasteiger partial charge is 0.477 e. The van der Waals surface area contributed by atoms with Crippen LogP contribution in [0.1, 0.15) is 23.2 Å². The predicted octanol–water partition coefficient (Wildman–Crippen LogP) is 1.01. The Morgan fingerprint density at radius 1 is 1.48 bits per heavy atom. The Bertz CT molecular complexity index is 597. The Hall–Kier alpha value is -2.64. The van der Waals surface area contributed by atoms with E-state index in [9.17, 15) is 19.7 Å². The van der Waals surface area contributed by atoms with Gasteiger partial charge in [0.25, 0.3) is 5.69 Å². The van der Waals surface area contributed by atoms with Gasteiger partial charge in [-0.2, -0.15) is 0 Å². The van der Waals surface area contributed by atoms with Crippen molar-refractivity contribution in [1.29, 1.82) is 0 Å². The molecule has 0 atom stereocenters. The van der Waals surface area contributed by atoms with Crippen LogP contribution in [0.3, 0.4) is 0 Å². The molecule has 0 spiro atoms. The van der Waals surface area contributed by atoms with Gasteiger partial charge >= 0.3 is 5.97 Å². The van der Waals surface area contributed by atoms with Gasteiger partial charge in [0.2, 0.25) is 5.91 Å². The Balaban J connectivity index is 2.14. The Morgan fingerprint density at radius 3 is 2.67 bits per heavy atom. The molecule has 1 fully saturated rings. The molecular formula is C13H15N3O5. The van der Waals surface area contributed by atoms with Crippen molar-refractivity contribution in [2.75, 3.05) is 18.5 Å². The van der Waals surface area contributed by atoms with Crippen LogP contribution in [0.2, 0.25) is 0 Å². The Kier molecular flexibility index (Phi) is 4.06. The molecule has 8 nitrogen and oxygen atoms in total. The number of hydrogen-bond donors (Lipinski definition) is 2. The predicted molar refractivity (Wildman–Crippen MR) is 74.5 cm³/mol. The number of carbonyl (C=O) groups is 2. The number of carboxylic acids is 1. The fourth-order valence-electron chi connectivity index (χ4n) is 1.90. The van der Waals surface area contributed by atoms with Gasteiger partial charge in [-0.3, -0.25) is 14.9 Å². The minimum atomic E-state index is -1.36. The summed E-state index contributed by atoms with van der Waals surface area (Å²) in [5.41, 5.74) is -0.452. The highest BCUT2D eigenvalue weighted by molar-refractivity contribution is 5.93. The number of nitrogens with zero attached hydrogens (tertiary/aromatic N) is 2. The first-order valence-corrected chi connectivity index (χ1v) is 6.40. The van der Waals surface area contributed by atoms with Crippen LogP contribution in [0.4, 0.5) is 11.4 Å². The number of nitrogens with one attached hydrogen (secondary N) is 1. The molecule has 0 aliphatic heterocycles. The summed E-state index contributed by atoms with van der Waals surface area (Å²) in [5.74, 6) is -1.52. The molecule has 0 aromatic heterocycles. The number of rotatable bonds is 6. The van der Waals surface area contributed by atoms with Crippen molar-refractivity contribution in [1.82, 2.24) is 5.32 Å². The van der Waals surface area contributed by atoms with E-state index < -0.39 is 16.6 Å². The summed E-state index contributed by atoms with van der Waals surface area (Å²) in [6, 6.07) is 4.02. The summed E-state index contributed by atoms with van der Waals surface area (Å²) in [4.78, 5) is 34.3. The molecule has 0 unspecified atom stereocenters. The van der Waals surface area contributed by atoms with Crippen LogP contribution >= 0.6 is 0 Å². The van der Waals surface area contributed by atoms with E-state index in [4.69, 9.17) is 5.11 Å². The lowest BCUT2D eigenvalue weighted by molar-refractivity contribution is -0.385. The lowest BCUT2D eigenvalue weighted by Gasteiger charge is -2.18. The van der Waals surface area contributed by atoms with Gasteiger partial charge in [-0.25, -0.2) is 4.79 Å². The molecule has 0 bridgehead atoms. The maximum Gasteiger partial charge on any atom is 0.342 e. The molecule has 1 saturated carbocycles. The molecule has 112 valence electrons. The molecule has 21 heavy (non-hydrogen) atoms. The molecule has 8 heteroatoms. The minimum absolute atomic E-state index is 0.0556. The van der Waals surface area contributed by atoms with Crippen LogP contribution in [0.25, 0.3) is 0 Å². The molecule has 1 aliphatic carbocycles. The van der Waals surface area contributed by atoms with Crippen molar-refractivity contribution in [2.24, 2.45) is 0 Å². The third-order valence-electron chi connectivity index (χ3n) is 3.17. The third kappa shape index (κ3) is 3.68. The van der Waals surface area contributed by atoms with Gasteiger partial charge < -0.3 is 15.3 Å². The molecule has 2 rings (SSSR count). The van der Waals surface area contributed by atoms with Crippen molar-refractivity contribution in [2.45, 2.75) is 18.9 Å². The number of amides is 1. The van der Waals surface area contributed by atoms with Crippen LogP contribution in [0, 0.1) is 10.1 Å². The van der Waals surface area contributed by atoms with Crippen LogP contribution in [-0.4, -0.2) is 41.5 Å². The average molecular weight is 293 g/mol. The summed E-state index contributed by atoms with van der Waals surface area (Å²) in [5, 5.41) is 22.6. The van der Waals surface area contributed by atoms with E-state index in [-0.39, 0.29) is 24.1 Å². The zero-order valence-electron chi connectivity index (χ0n) is 11.4. The second kappa shape index (κ2) is 5.78. The van der Waals surface area contributed by atoms with Gasteiger partial charge in [0.15, 0.2) is 0 Å². The van der Waals surface area contributed by atoms with Gasteiger partial charge in [0.1, 0.15) is 5.56 Å². The van der Waals surface area contributed by atoms with E-state index in [1.807, 2.05) is 0 Å². The molecule has 0 saturated heterocycles. The summed E-state index contributed by atoms with van der Waals surface area (Å²) in [6.07, 6.45) is 1.96. The maximum absolute atomic E-state index is 11.7. The van der Waals surface area contributed by atoms with E-state index >= 15 is 0 Å². The number of aromatic carboxylic acids is 1. The lowest BCUT2D eigenvalue weighted by Crippen LogP contribution is -2.36. The molecule has 0 radical (unpaired) electrons. The first-order chi connectivity index (χ1) is 9.88. The number of nitro benzene ring substituents is 1. The zero-order valence-corrected chi connectivity index (χ0v) is 11.4. The first-order valence-electron chi connectivity index (χ1n) is 6.40. The van der Waals surface area contributed by atoms with Gasteiger partial charge in [0.05, 0.1) is 11.5 Å². The van der Waals surface area contributed by atoms with E-state index in [2.05, 4.69) is 5.32 Å². The maximum atomic E-state index is 11.7. The topological polar surface area (TPSA) is 113 Å². The van der Waals surface area contributed by atoms with Crippen molar-refractivity contribution < 1.29 is 19.6 Å². The summed E-state index contributed by atoms with van der Waals surface area (Å²) < 4.78 is 0. The molecule has 1 aromatic carbocycles. The van der Waals surface area contributed by atoms with E-state index in [1.54, 1.807) is 7.05 Å². The van der Waals surface area contributed by atoms with Crippen LogP contribution in [0.15, 0.2) is 18.2 Å². The number of hydrogen-bond acceptors (Lipinski definition) is 5. The van der Waals surface area contributed by atoms with E-state index in [0.29, 0.717) is 5.69 Å². The fraction of sp³-hybridized carbons (Fsp3) is 0.385. The average Bonchev–Trinajstić information content (AvgIpc) is 3.21. The van der Waals surface area contributed by atoms with Gasteiger partial charge in [-0.05, 0) is 25.0 Å². The smallest absolute Gasteiger partial charge is 0.342 e. The Labute approximate surface area is 120 Å². The number of anilines is 1. The summed E-state index contributed by atoms with van der Waals surface area (Å²) in [6.45, 7) is 0.0556.